The van der Waals surface area contributed by atoms with Gasteiger partial charge < -0.3 is 25.8 Å². The number of ether oxygens (including phenoxy) is 1. The Morgan fingerprint density at radius 1 is 1.03 bits per heavy atom. The fraction of sp³-hybridized carbons (Fsp3) is 0.636. The lowest BCUT2D eigenvalue weighted by Gasteiger charge is -2.36. The van der Waals surface area contributed by atoms with Crippen LogP contribution < -0.4 is 16.0 Å². The molecule has 3 amide bonds. The van der Waals surface area contributed by atoms with E-state index >= 15 is 0 Å². The minimum atomic E-state index is -0.536. The molecule has 3 atom stereocenters. The molecule has 3 rings (SSSR count). The van der Waals surface area contributed by atoms with Crippen LogP contribution in [0, 0.1) is 5.82 Å². The average molecular weight is 422 g/mol. The molecule has 166 valence electrons. The molecule has 4 N–H and O–H groups in total. The summed E-state index contributed by atoms with van der Waals surface area (Å²) in [4.78, 5) is 24.5. The van der Waals surface area contributed by atoms with Gasteiger partial charge in [0, 0.05) is 12.6 Å². The van der Waals surface area contributed by atoms with E-state index in [9.17, 15) is 19.1 Å². The Kier molecular flexibility index (Phi) is 8.45. The van der Waals surface area contributed by atoms with Gasteiger partial charge in [-0.05, 0) is 43.4 Å². The van der Waals surface area contributed by atoms with E-state index in [-0.39, 0.29) is 49.0 Å². The first-order valence-electron chi connectivity index (χ1n) is 10.9. The molecule has 1 aromatic carbocycles. The van der Waals surface area contributed by atoms with Gasteiger partial charge in [0.25, 0.3) is 0 Å². The molecule has 0 radical (unpaired) electrons. The van der Waals surface area contributed by atoms with E-state index in [4.69, 9.17) is 4.74 Å². The minimum absolute atomic E-state index is 0.164. The highest BCUT2D eigenvalue weighted by molar-refractivity contribution is 5.76. The first-order chi connectivity index (χ1) is 14.5. The second-order valence-electron chi connectivity index (χ2n) is 8.22. The van der Waals surface area contributed by atoms with E-state index in [1.54, 1.807) is 12.1 Å². The topological polar surface area (TPSA) is 99.7 Å². The number of halogens is 1. The predicted octanol–water partition coefficient (Wildman–Crippen LogP) is 2.37. The highest BCUT2D eigenvalue weighted by atomic mass is 19.1. The number of hydrogen-bond donors (Lipinski definition) is 4. The fourth-order valence-corrected chi connectivity index (χ4v) is 4.17. The summed E-state index contributed by atoms with van der Waals surface area (Å²) in [6.45, 7) is 0.100. The normalized spacial score (nSPS) is 24.8. The van der Waals surface area contributed by atoms with E-state index in [0.29, 0.717) is 19.4 Å². The SMILES string of the molecule is O=C(C[C@H]1CC[C@@H](NC(=O)NC2CCCCC2)[C@@H](CO)O1)NCc1ccc(F)cc1. The van der Waals surface area contributed by atoms with Crippen molar-refractivity contribution < 1.29 is 23.8 Å². The number of carbonyl (C=O) groups is 2. The summed E-state index contributed by atoms with van der Waals surface area (Å²) in [7, 11) is 0. The minimum Gasteiger partial charge on any atom is -0.394 e. The molecule has 1 aliphatic carbocycles. The van der Waals surface area contributed by atoms with Crippen LogP contribution in [0.3, 0.4) is 0 Å². The maximum absolute atomic E-state index is 12.9. The number of aliphatic hydroxyl groups excluding tert-OH is 1. The third-order valence-electron chi connectivity index (χ3n) is 5.87. The van der Waals surface area contributed by atoms with Crippen molar-refractivity contribution >= 4 is 11.9 Å². The number of aliphatic hydroxyl groups is 1. The van der Waals surface area contributed by atoms with Crippen LogP contribution in [0.1, 0.15) is 56.9 Å². The number of rotatable bonds is 7. The summed E-state index contributed by atoms with van der Waals surface area (Å²) in [6, 6.07) is 5.69. The van der Waals surface area contributed by atoms with E-state index in [2.05, 4.69) is 16.0 Å². The van der Waals surface area contributed by atoms with Crippen molar-refractivity contribution in [3.63, 3.8) is 0 Å². The summed E-state index contributed by atoms with van der Waals surface area (Å²) in [5, 5.41) is 18.4. The molecule has 1 saturated heterocycles. The van der Waals surface area contributed by atoms with Crippen LogP contribution >= 0.6 is 0 Å². The lowest BCUT2D eigenvalue weighted by molar-refractivity contribution is -0.130. The highest BCUT2D eigenvalue weighted by Gasteiger charge is 2.33. The predicted molar refractivity (Wildman–Crippen MR) is 110 cm³/mol. The molecular weight excluding hydrogens is 389 g/mol. The summed E-state index contributed by atoms with van der Waals surface area (Å²) in [5.41, 5.74) is 0.816. The number of carbonyl (C=O) groups excluding carboxylic acids is 2. The van der Waals surface area contributed by atoms with Crippen LogP contribution in [0.5, 0.6) is 0 Å². The van der Waals surface area contributed by atoms with Crippen molar-refractivity contribution in [1.29, 1.82) is 0 Å². The van der Waals surface area contributed by atoms with Crippen LogP contribution in [-0.4, -0.2) is 47.9 Å². The van der Waals surface area contributed by atoms with Crippen LogP contribution in [0.15, 0.2) is 24.3 Å². The molecule has 0 aromatic heterocycles. The van der Waals surface area contributed by atoms with Crippen molar-refractivity contribution in [3.05, 3.63) is 35.6 Å². The van der Waals surface area contributed by atoms with Gasteiger partial charge in [-0.1, -0.05) is 31.4 Å². The monoisotopic (exact) mass is 421 g/mol. The molecule has 30 heavy (non-hydrogen) atoms. The lowest BCUT2D eigenvalue weighted by atomic mass is 9.95. The third kappa shape index (κ3) is 6.95. The molecular formula is C22H32FN3O4. The maximum Gasteiger partial charge on any atom is 0.315 e. The van der Waals surface area contributed by atoms with Gasteiger partial charge >= 0.3 is 6.03 Å². The Morgan fingerprint density at radius 3 is 2.47 bits per heavy atom. The fourth-order valence-electron chi connectivity index (χ4n) is 4.17. The number of benzene rings is 1. The van der Waals surface area contributed by atoms with Crippen molar-refractivity contribution in [2.24, 2.45) is 0 Å². The van der Waals surface area contributed by atoms with Gasteiger partial charge in [-0.15, -0.1) is 0 Å². The molecule has 1 saturated carbocycles. The zero-order valence-corrected chi connectivity index (χ0v) is 17.2. The Labute approximate surface area is 176 Å². The van der Waals surface area contributed by atoms with Crippen molar-refractivity contribution in [2.75, 3.05) is 6.61 Å². The van der Waals surface area contributed by atoms with Crippen LogP contribution in [0.4, 0.5) is 9.18 Å². The average Bonchev–Trinajstić information content (AvgIpc) is 2.75. The van der Waals surface area contributed by atoms with Crippen molar-refractivity contribution in [1.82, 2.24) is 16.0 Å². The number of nitrogens with one attached hydrogen (secondary N) is 3. The molecule has 1 aliphatic heterocycles. The van der Waals surface area contributed by atoms with Gasteiger partial charge in [0.05, 0.1) is 25.2 Å². The third-order valence-corrected chi connectivity index (χ3v) is 5.87. The molecule has 2 fully saturated rings. The Hall–Kier alpha value is -2.19. The number of urea groups is 1. The van der Waals surface area contributed by atoms with E-state index in [1.165, 1.54) is 18.6 Å². The Morgan fingerprint density at radius 2 is 1.77 bits per heavy atom. The van der Waals surface area contributed by atoms with E-state index in [1.807, 2.05) is 0 Å². The highest BCUT2D eigenvalue weighted by Crippen LogP contribution is 2.22. The number of amides is 3. The second kappa shape index (κ2) is 11.3. The van der Waals surface area contributed by atoms with Gasteiger partial charge in [0.1, 0.15) is 11.9 Å². The first kappa shape index (κ1) is 22.5. The molecule has 0 unspecified atom stereocenters. The summed E-state index contributed by atoms with van der Waals surface area (Å²) >= 11 is 0. The first-order valence-corrected chi connectivity index (χ1v) is 10.9. The van der Waals surface area contributed by atoms with Gasteiger partial charge in [-0.3, -0.25) is 4.79 Å². The van der Waals surface area contributed by atoms with Crippen LogP contribution in [0.25, 0.3) is 0 Å². The summed E-state index contributed by atoms with van der Waals surface area (Å²) in [5.74, 6) is -0.478. The molecule has 1 aromatic rings. The summed E-state index contributed by atoms with van der Waals surface area (Å²) in [6.07, 6.45) is 6.11. The standard InChI is InChI=1S/C22H32FN3O4/c23-16-8-6-15(7-9-16)13-24-21(28)12-18-10-11-19(20(14-27)30-18)26-22(29)25-17-4-2-1-3-5-17/h6-9,17-20,27H,1-5,10-14H2,(H,24,28)(H2,25,26,29)/t18-,19-,20-/m1/s1. The van der Waals surface area contributed by atoms with Crippen LogP contribution in [0.2, 0.25) is 0 Å². The molecule has 2 aliphatic rings. The summed E-state index contributed by atoms with van der Waals surface area (Å²) < 4.78 is 18.8. The Bertz CT molecular complexity index is 694. The van der Waals surface area contributed by atoms with E-state index < -0.39 is 6.10 Å². The van der Waals surface area contributed by atoms with Gasteiger partial charge in [0.2, 0.25) is 5.91 Å². The Balaban J connectivity index is 1.40. The molecule has 7 nitrogen and oxygen atoms in total. The zero-order chi connectivity index (χ0) is 21.3. The van der Waals surface area contributed by atoms with Crippen LogP contribution in [-0.2, 0) is 16.1 Å². The van der Waals surface area contributed by atoms with Crippen molar-refractivity contribution in [3.8, 4) is 0 Å². The van der Waals surface area contributed by atoms with E-state index in [0.717, 1.165) is 31.2 Å². The quantitative estimate of drug-likeness (QED) is 0.543. The maximum atomic E-state index is 12.9. The lowest BCUT2D eigenvalue weighted by Crippen LogP contribution is -2.55. The molecule has 8 heteroatoms. The van der Waals surface area contributed by atoms with Gasteiger partial charge in [-0.2, -0.15) is 0 Å². The van der Waals surface area contributed by atoms with Gasteiger partial charge in [-0.25, -0.2) is 9.18 Å². The van der Waals surface area contributed by atoms with Gasteiger partial charge in [0.15, 0.2) is 0 Å². The smallest absolute Gasteiger partial charge is 0.315 e. The van der Waals surface area contributed by atoms with Crippen molar-refractivity contribution in [2.45, 2.75) is 82.2 Å². The largest absolute Gasteiger partial charge is 0.394 e. The number of hydrogen-bond acceptors (Lipinski definition) is 4. The zero-order valence-electron chi connectivity index (χ0n) is 17.2. The molecule has 1 heterocycles. The molecule has 0 bridgehead atoms. The second-order valence-corrected chi connectivity index (χ2v) is 8.22. The molecule has 0 spiro atoms.